The molecule has 2 aliphatic rings. The highest BCUT2D eigenvalue weighted by Gasteiger charge is 2.48. The maximum atomic E-state index is 12.8. The number of carbonyl (C=O) groups is 3. The second kappa shape index (κ2) is 7.65. The van der Waals surface area contributed by atoms with Crippen molar-refractivity contribution in [2.75, 3.05) is 31.5 Å². The highest BCUT2D eigenvalue weighted by atomic mass is 19.4. The molecule has 2 fully saturated rings. The van der Waals surface area contributed by atoms with Crippen molar-refractivity contribution >= 4 is 23.4 Å². The zero-order valence-corrected chi connectivity index (χ0v) is 15.0. The minimum Gasteiger partial charge on any atom is -0.338 e. The zero-order valence-electron chi connectivity index (χ0n) is 15.0. The second-order valence-corrected chi connectivity index (χ2v) is 7.04. The molecule has 2 unspecified atom stereocenters. The first-order valence-corrected chi connectivity index (χ1v) is 8.88. The van der Waals surface area contributed by atoms with Crippen molar-refractivity contribution in [1.82, 2.24) is 9.80 Å². The fraction of sp³-hybridized carbons (Fsp3) is 0.421. The number of likely N-dealkylation sites (tertiary alicyclic amines) is 2. The topological polar surface area (TPSA) is 69.7 Å². The van der Waals surface area contributed by atoms with Gasteiger partial charge in [0.1, 0.15) is 0 Å². The lowest BCUT2D eigenvalue weighted by molar-refractivity contribution is -0.184. The van der Waals surface area contributed by atoms with Crippen LogP contribution in [0.5, 0.6) is 0 Å². The predicted molar refractivity (Wildman–Crippen MR) is 95.4 cm³/mol. The van der Waals surface area contributed by atoms with Crippen LogP contribution in [0.2, 0.25) is 0 Å². The van der Waals surface area contributed by atoms with Crippen molar-refractivity contribution in [3.8, 4) is 0 Å². The molecule has 9 heteroatoms. The Bertz CT molecular complexity index is 809. The van der Waals surface area contributed by atoms with Crippen LogP contribution in [0.4, 0.5) is 18.9 Å². The van der Waals surface area contributed by atoms with Crippen molar-refractivity contribution in [3.05, 3.63) is 42.5 Å². The van der Waals surface area contributed by atoms with Gasteiger partial charge in [-0.25, -0.2) is 0 Å². The predicted octanol–water partition coefficient (Wildman–Crippen LogP) is 2.29. The number of carbonyl (C=O) groups excluding carboxylic acids is 3. The minimum atomic E-state index is -4.88. The average molecular weight is 395 g/mol. The standard InChI is InChI=1S/C19H20F3N3O3/c1-2-16(26)23-15-5-3-4-12(8-15)17(27)24-7-6-13-9-25(11-14(13)10-24)18(28)19(20,21)22/h2-5,8,13-14H,1,6-7,9-11H2,(H,23,26). The number of hydrogen-bond donors (Lipinski definition) is 1. The highest BCUT2D eigenvalue weighted by Crippen LogP contribution is 2.34. The van der Waals surface area contributed by atoms with Crippen LogP contribution in [-0.2, 0) is 9.59 Å². The molecule has 1 aromatic carbocycles. The van der Waals surface area contributed by atoms with Crippen LogP contribution in [0.1, 0.15) is 16.8 Å². The van der Waals surface area contributed by atoms with E-state index >= 15 is 0 Å². The monoisotopic (exact) mass is 395 g/mol. The third-order valence-corrected chi connectivity index (χ3v) is 5.18. The summed E-state index contributed by atoms with van der Waals surface area (Å²) in [5, 5.41) is 2.58. The molecule has 3 amide bonds. The third kappa shape index (κ3) is 4.18. The van der Waals surface area contributed by atoms with E-state index in [4.69, 9.17) is 0 Å². The Morgan fingerprint density at radius 3 is 2.46 bits per heavy atom. The molecule has 1 N–H and O–H groups in total. The number of amides is 3. The molecule has 2 atom stereocenters. The molecular weight excluding hydrogens is 375 g/mol. The summed E-state index contributed by atoms with van der Waals surface area (Å²) in [7, 11) is 0. The van der Waals surface area contributed by atoms with Gasteiger partial charge in [-0.15, -0.1) is 0 Å². The molecular formula is C19H20F3N3O3. The molecule has 0 saturated carbocycles. The van der Waals surface area contributed by atoms with Gasteiger partial charge in [-0.3, -0.25) is 14.4 Å². The number of nitrogens with one attached hydrogen (secondary N) is 1. The first-order valence-electron chi connectivity index (χ1n) is 8.88. The van der Waals surface area contributed by atoms with Crippen LogP contribution < -0.4 is 5.32 Å². The van der Waals surface area contributed by atoms with Crippen molar-refractivity contribution in [3.63, 3.8) is 0 Å². The van der Waals surface area contributed by atoms with E-state index in [2.05, 4.69) is 11.9 Å². The highest BCUT2D eigenvalue weighted by molar-refractivity contribution is 6.00. The molecule has 150 valence electrons. The van der Waals surface area contributed by atoms with Crippen LogP contribution in [0.3, 0.4) is 0 Å². The molecule has 2 heterocycles. The van der Waals surface area contributed by atoms with Crippen LogP contribution in [0, 0.1) is 11.8 Å². The second-order valence-electron chi connectivity index (χ2n) is 7.04. The molecule has 1 aromatic rings. The maximum absolute atomic E-state index is 12.8. The summed E-state index contributed by atoms with van der Waals surface area (Å²) in [5.74, 6) is -2.67. The number of benzene rings is 1. The fourth-order valence-corrected chi connectivity index (χ4v) is 3.80. The summed E-state index contributed by atoms with van der Waals surface area (Å²) >= 11 is 0. The first kappa shape index (κ1) is 19.9. The number of alkyl halides is 3. The molecule has 2 aliphatic heterocycles. The van der Waals surface area contributed by atoms with Gasteiger partial charge < -0.3 is 15.1 Å². The molecule has 0 spiro atoms. The average Bonchev–Trinajstić information content (AvgIpc) is 3.09. The largest absolute Gasteiger partial charge is 0.471 e. The summed E-state index contributed by atoms with van der Waals surface area (Å²) in [6.45, 7) is 4.16. The Morgan fingerprint density at radius 1 is 1.11 bits per heavy atom. The first-order chi connectivity index (χ1) is 13.2. The molecule has 0 aliphatic carbocycles. The van der Waals surface area contributed by atoms with E-state index in [1.165, 1.54) is 0 Å². The summed E-state index contributed by atoms with van der Waals surface area (Å²) in [5.41, 5.74) is 0.829. The molecule has 3 rings (SSSR count). The Hall–Kier alpha value is -2.84. The lowest BCUT2D eigenvalue weighted by Gasteiger charge is -2.34. The normalized spacial score (nSPS) is 21.8. The Labute approximate surface area is 160 Å². The van der Waals surface area contributed by atoms with Crippen LogP contribution in [0.15, 0.2) is 36.9 Å². The SMILES string of the molecule is C=CC(=O)Nc1cccc(C(=O)N2CCC3CN(C(=O)C(F)(F)F)CC3C2)c1. The molecule has 28 heavy (non-hydrogen) atoms. The lowest BCUT2D eigenvalue weighted by Crippen LogP contribution is -2.43. The van der Waals surface area contributed by atoms with Crippen LogP contribution in [-0.4, -0.2) is 59.9 Å². The zero-order chi connectivity index (χ0) is 20.5. The van der Waals surface area contributed by atoms with Crippen molar-refractivity contribution in [2.45, 2.75) is 12.6 Å². The lowest BCUT2D eigenvalue weighted by atomic mass is 9.88. The van der Waals surface area contributed by atoms with Gasteiger partial charge in [-0.2, -0.15) is 13.2 Å². The van der Waals surface area contributed by atoms with Gasteiger partial charge in [0, 0.05) is 37.4 Å². The van der Waals surface area contributed by atoms with E-state index in [9.17, 15) is 27.6 Å². The van der Waals surface area contributed by atoms with Crippen molar-refractivity contribution < 1.29 is 27.6 Å². The number of piperidine rings is 1. The number of hydrogen-bond acceptors (Lipinski definition) is 3. The number of nitrogens with zero attached hydrogens (tertiary/aromatic N) is 2. The summed E-state index contributed by atoms with van der Waals surface area (Å²) in [4.78, 5) is 38.1. The number of fused-ring (bicyclic) bond motifs is 1. The van der Waals surface area contributed by atoms with Gasteiger partial charge in [0.05, 0.1) is 0 Å². The Kier molecular flexibility index (Phi) is 5.44. The third-order valence-electron chi connectivity index (χ3n) is 5.18. The molecule has 6 nitrogen and oxygen atoms in total. The number of halogens is 3. The van der Waals surface area contributed by atoms with Crippen molar-refractivity contribution in [1.29, 1.82) is 0 Å². The van der Waals surface area contributed by atoms with E-state index in [1.54, 1.807) is 29.2 Å². The van der Waals surface area contributed by atoms with E-state index < -0.39 is 18.0 Å². The molecule has 0 radical (unpaired) electrons. The fourth-order valence-electron chi connectivity index (χ4n) is 3.80. The van der Waals surface area contributed by atoms with Gasteiger partial charge >= 0.3 is 12.1 Å². The molecule has 0 aromatic heterocycles. The van der Waals surface area contributed by atoms with Crippen molar-refractivity contribution in [2.24, 2.45) is 11.8 Å². The summed E-state index contributed by atoms with van der Waals surface area (Å²) < 4.78 is 38.0. The molecule has 2 saturated heterocycles. The Morgan fingerprint density at radius 2 is 1.79 bits per heavy atom. The summed E-state index contributed by atoms with van der Waals surface area (Å²) in [6.07, 6.45) is -3.21. The van der Waals surface area contributed by atoms with E-state index in [0.29, 0.717) is 30.8 Å². The van der Waals surface area contributed by atoms with Gasteiger partial charge in [-0.1, -0.05) is 12.6 Å². The number of rotatable bonds is 3. The summed E-state index contributed by atoms with van der Waals surface area (Å²) in [6, 6.07) is 6.44. The van der Waals surface area contributed by atoms with Gasteiger partial charge in [-0.05, 0) is 42.5 Å². The molecule has 0 bridgehead atoms. The van der Waals surface area contributed by atoms with Crippen LogP contribution >= 0.6 is 0 Å². The minimum absolute atomic E-state index is 0.00220. The van der Waals surface area contributed by atoms with Gasteiger partial charge in [0.25, 0.3) is 5.91 Å². The number of anilines is 1. The maximum Gasteiger partial charge on any atom is 0.471 e. The van der Waals surface area contributed by atoms with Crippen LogP contribution in [0.25, 0.3) is 0 Å². The quantitative estimate of drug-likeness (QED) is 0.799. The van der Waals surface area contributed by atoms with E-state index in [1.807, 2.05) is 0 Å². The smallest absolute Gasteiger partial charge is 0.338 e. The van der Waals surface area contributed by atoms with Gasteiger partial charge in [0.2, 0.25) is 5.91 Å². The van der Waals surface area contributed by atoms with E-state index in [-0.39, 0.29) is 30.8 Å². The Balaban J connectivity index is 1.66. The van der Waals surface area contributed by atoms with E-state index in [0.717, 1.165) is 11.0 Å². The van der Waals surface area contributed by atoms with Gasteiger partial charge in [0.15, 0.2) is 0 Å².